The molecule has 9 heteroatoms. The van der Waals surface area contributed by atoms with E-state index in [1.54, 1.807) is 11.6 Å². The summed E-state index contributed by atoms with van der Waals surface area (Å²) in [6, 6.07) is -2.03. The zero-order chi connectivity index (χ0) is 17.8. The molecule has 23 heavy (non-hydrogen) atoms. The van der Waals surface area contributed by atoms with Gasteiger partial charge in [0.25, 0.3) is 5.91 Å². The van der Waals surface area contributed by atoms with Crippen molar-refractivity contribution in [2.45, 2.75) is 52.4 Å². The second-order valence-electron chi connectivity index (χ2n) is 5.62. The molecule has 0 saturated heterocycles. The van der Waals surface area contributed by atoms with Crippen LogP contribution in [0.15, 0.2) is 6.20 Å². The van der Waals surface area contributed by atoms with E-state index in [-0.39, 0.29) is 11.5 Å². The number of aliphatic carboxylic acids is 1. The lowest BCUT2D eigenvalue weighted by molar-refractivity contribution is -0.157. The number of aromatic nitrogens is 2. The molecule has 0 radical (unpaired) electrons. The maximum Gasteiger partial charge on any atom is 0.391 e. The second kappa shape index (κ2) is 7.47. The monoisotopic (exact) mass is 335 g/mol. The Labute approximate surface area is 131 Å². The fourth-order valence-corrected chi connectivity index (χ4v) is 2.14. The van der Waals surface area contributed by atoms with Gasteiger partial charge < -0.3 is 10.4 Å². The molecule has 0 aliphatic carbocycles. The summed E-state index contributed by atoms with van der Waals surface area (Å²) in [4.78, 5) is 23.0. The summed E-state index contributed by atoms with van der Waals surface area (Å²) in [6.45, 7) is 6.27. The minimum absolute atomic E-state index is 0.0987. The molecule has 1 amide bonds. The summed E-state index contributed by atoms with van der Waals surface area (Å²) in [7, 11) is 0. The maximum atomic E-state index is 12.4. The minimum atomic E-state index is -4.69. The Balaban J connectivity index is 2.96. The molecule has 0 aliphatic heterocycles. The van der Waals surface area contributed by atoms with Crippen molar-refractivity contribution in [2.24, 2.45) is 5.92 Å². The molecule has 0 aromatic carbocycles. The molecule has 0 bridgehead atoms. The largest absolute Gasteiger partial charge is 0.480 e. The van der Waals surface area contributed by atoms with Crippen molar-refractivity contribution in [1.82, 2.24) is 15.1 Å². The third-order valence-electron chi connectivity index (χ3n) is 3.11. The number of carbonyl (C=O) groups excluding carboxylic acids is 1. The molecular weight excluding hydrogens is 315 g/mol. The number of hydrogen-bond acceptors (Lipinski definition) is 3. The molecule has 1 heterocycles. The zero-order valence-electron chi connectivity index (χ0n) is 13.1. The van der Waals surface area contributed by atoms with Crippen LogP contribution < -0.4 is 5.32 Å². The molecule has 130 valence electrons. The fourth-order valence-electron chi connectivity index (χ4n) is 2.14. The van der Waals surface area contributed by atoms with Crippen molar-refractivity contribution >= 4 is 11.9 Å². The van der Waals surface area contributed by atoms with Crippen LogP contribution in [0.1, 0.15) is 43.2 Å². The molecule has 2 N–H and O–H groups in total. The van der Waals surface area contributed by atoms with Gasteiger partial charge in [-0.3, -0.25) is 9.48 Å². The molecule has 1 aromatic heterocycles. The van der Waals surface area contributed by atoms with Gasteiger partial charge in [-0.25, -0.2) is 4.79 Å². The summed E-state index contributed by atoms with van der Waals surface area (Å²) < 4.78 is 38.8. The van der Waals surface area contributed by atoms with Gasteiger partial charge in [-0.1, -0.05) is 20.8 Å². The third-order valence-corrected chi connectivity index (χ3v) is 3.11. The van der Waals surface area contributed by atoms with Crippen LogP contribution in [0.3, 0.4) is 0 Å². The average molecular weight is 335 g/mol. The molecule has 0 aliphatic rings. The number of carboxylic acids is 1. The predicted octanol–water partition coefficient (Wildman–Crippen LogP) is 2.24. The molecule has 1 atom stereocenters. The van der Waals surface area contributed by atoms with Crippen LogP contribution in [0.25, 0.3) is 0 Å². The van der Waals surface area contributed by atoms with E-state index in [4.69, 9.17) is 5.11 Å². The average Bonchev–Trinajstić information content (AvgIpc) is 2.78. The first-order valence-electron chi connectivity index (χ1n) is 7.20. The van der Waals surface area contributed by atoms with Crippen molar-refractivity contribution in [3.05, 3.63) is 17.5 Å². The van der Waals surface area contributed by atoms with Gasteiger partial charge in [-0.05, 0) is 12.3 Å². The quantitative estimate of drug-likeness (QED) is 0.800. The Bertz CT molecular complexity index is 567. The summed E-state index contributed by atoms with van der Waals surface area (Å²) in [5.41, 5.74) is 0.661. The van der Waals surface area contributed by atoms with Gasteiger partial charge in [0.15, 0.2) is 0 Å². The van der Waals surface area contributed by atoms with Crippen molar-refractivity contribution in [3.8, 4) is 0 Å². The zero-order valence-corrected chi connectivity index (χ0v) is 13.1. The van der Waals surface area contributed by atoms with Gasteiger partial charge in [0.05, 0.1) is 23.9 Å². The number of halogens is 3. The first kappa shape index (κ1) is 19.0. The Morgan fingerprint density at radius 1 is 1.39 bits per heavy atom. The highest BCUT2D eigenvalue weighted by molar-refractivity contribution is 5.97. The summed E-state index contributed by atoms with van der Waals surface area (Å²) >= 11 is 0. The van der Waals surface area contributed by atoms with Crippen LogP contribution in [0.4, 0.5) is 13.2 Å². The van der Waals surface area contributed by atoms with Crippen LogP contribution in [0, 0.1) is 5.92 Å². The SMILES string of the molecule is CCc1c(C(=O)NC(CC(F)(F)F)C(=O)O)cnn1CC(C)C. The lowest BCUT2D eigenvalue weighted by atomic mass is 10.1. The topological polar surface area (TPSA) is 84.2 Å². The number of nitrogens with zero attached hydrogens (tertiary/aromatic N) is 2. The Kier molecular flexibility index (Phi) is 6.17. The van der Waals surface area contributed by atoms with Gasteiger partial charge in [-0.15, -0.1) is 0 Å². The van der Waals surface area contributed by atoms with Crippen molar-refractivity contribution in [2.75, 3.05) is 0 Å². The Morgan fingerprint density at radius 2 is 2.00 bits per heavy atom. The van der Waals surface area contributed by atoms with E-state index in [1.807, 2.05) is 19.2 Å². The number of hydrogen-bond donors (Lipinski definition) is 2. The van der Waals surface area contributed by atoms with Gasteiger partial charge >= 0.3 is 12.1 Å². The van der Waals surface area contributed by atoms with E-state index in [0.29, 0.717) is 18.7 Å². The summed E-state index contributed by atoms with van der Waals surface area (Å²) in [5, 5.41) is 14.8. The van der Waals surface area contributed by atoms with Gasteiger partial charge in [0.1, 0.15) is 6.04 Å². The Hall–Kier alpha value is -2.06. The summed E-state index contributed by atoms with van der Waals surface area (Å²) in [6.07, 6.45) is -4.61. The number of alkyl halides is 3. The first-order chi connectivity index (χ1) is 10.5. The maximum absolute atomic E-state index is 12.4. The van der Waals surface area contributed by atoms with Crippen molar-refractivity contribution < 1.29 is 27.9 Å². The van der Waals surface area contributed by atoms with Crippen LogP contribution in [-0.4, -0.2) is 39.0 Å². The third kappa shape index (κ3) is 5.57. The van der Waals surface area contributed by atoms with Crippen molar-refractivity contribution in [3.63, 3.8) is 0 Å². The van der Waals surface area contributed by atoms with E-state index in [0.717, 1.165) is 0 Å². The molecule has 1 aromatic rings. The standard InChI is InChI=1S/C14H20F3N3O3/c1-4-11-9(6-18-20(11)7-8(2)3)12(21)19-10(13(22)23)5-14(15,16)17/h6,8,10H,4-5,7H2,1-3H3,(H,19,21)(H,22,23). The van der Waals surface area contributed by atoms with E-state index in [2.05, 4.69) is 5.10 Å². The van der Waals surface area contributed by atoms with Gasteiger partial charge in [0, 0.05) is 6.54 Å². The predicted molar refractivity (Wildman–Crippen MR) is 76.0 cm³/mol. The number of nitrogens with one attached hydrogen (secondary N) is 1. The van der Waals surface area contributed by atoms with Gasteiger partial charge in [0.2, 0.25) is 0 Å². The van der Waals surface area contributed by atoms with Gasteiger partial charge in [-0.2, -0.15) is 18.3 Å². The molecule has 0 saturated carbocycles. The number of amides is 1. The van der Waals surface area contributed by atoms with E-state index >= 15 is 0 Å². The molecule has 0 spiro atoms. The van der Waals surface area contributed by atoms with Crippen LogP contribution in [-0.2, 0) is 17.8 Å². The molecule has 6 nitrogen and oxygen atoms in total. The molecular formula is C14H20F3N3O3. The van der Waals surface area contributed by atoms with Crippen LogP contribution in [0.2, 0.25) is 0 Å². The summed E-state index contributed by atoms with van der Waals surface area (Å²) in [5.74, 6) is -2.33. The highest BCUT2D eigenvalue weighted by atomic mass is 19.4. The van der Waals surface area contributed by atoms with Crippen LogP contribution >= 0.6 is 0 Å². The lowest BCUT2D eigenvalue weighted by Crippen LogP contribution is -2.43. The van der Waals surface area contributed by atoms with E-state index in [1.165, 1.54) is 6.20 Å². The highest BCUT2D eigenvalue weighted by Gasteiger charge is 2.36. The first-order valence-corrected chi connectivity index (χ1v) is 7.20. The van der Waals surface area contributed by atoms with Crippen molar-refractivity contribution in [1.29, 1.82) is 0 Å². The number of carboxylic acid groups (broad SMARTS) is 1. The Morgan fingerprint density at radius 3 is 2.43 bits per heavy atom. The van der Waals surface area contributed by atoms with E-state index in [9.17, 15) is 22.8 Å². The second-order valence-corrected chi connectivity index (χ2v) is 5.62. The van der Waals surface area contributed by atoms with Crippen LogP contribution in [0.5, 0.6) is 0 Å². The normalized spacial score (nSPS) is 13.2. The minimum Gasteiger partial charge on any atom is -0.480 e. The number of carbonyl (C=O) groups is 2. The smallest absolute Gasteiger partial charge is 0.391 e. The van der Waals surface area contributed by atoms with E-state index < -0.39 is 30.5 Å². The number of rotatable bonds is 7. The highest BCUT2D eigenvalue weighted by Crippen LogP contribution is 2.22. The molecule has 1 rings (SSSR count). The molecule has 0 fully saturated rings. The lowest BCUT2D eigenvalue weighted by Gasteiger charge is -2.16. The fraction of sp³-hybridized carbons (Fsp3) is 0.643. The molecule has 1 unspecified atom stereocenters.